The van der Waals surface area contributed by atoms with Gasteiger partial charge in [0.2, 0.25) is 0 Å². The Morgan fingerprint density at radius 3 is 2.84 bits per heavy atom. The van der Waals surface area contributed by atoms with Gasteiger partial charge in [-0.05, 0) is 49.1 Å². The average Bonchev–Trinajstić information content (AvgIpc) is 2.85. The van der Waals surface area contributed by atoms with Gasteiger partial charge in [0, 0.05) is 24.3 Å². The van der Waals surface area contributed by atoms with Crippen LogP contribution in [-0.4, -0.2) is 17.5 Å². The van der Waals surface area contributed by atoms with Gasteiger partial charge < -0.3 is 10.6 Å². The fraction of sp³-hybridized carbons (Fsp3) is 0.571. The number of nitrogen functional groups attached to an aromatic ring is 1. The first-order valence-electron chi connectivity index (χ1n) is 6.95. The minimum atomic E-state index is -0.296. The van der Waals surface area contributed by atoms with Crippen molar-refractivity contribution in [2.24, 2.45) is 17.8 Å². The summed E-state index contributed by atoms with van der Waals surface area (Å²) in [5, 5.41) is 11.2. The predicted molar refractivity (Wildman–Crippen MR) is 73.0 cm³/mol. The maximum absolute atomic E-state index is 11.2. The van der Waals surface area contributed by atoms with E-state index in [9.17, 15) is 10.1 Å². The summed E-state index contributed by atoms with van der Waals surface area (Å²) >= 11 is 0. The second kappa shape index (κ2) is 3.62. The van der Waals surface area contributed by atoms with Crippen LogP contribution in [0.5, 0.6) is 0 Å². The quantitative estimate of drug-likeness (QED) is 0.503. The van der Waals surface area contributed by atoms with Gasteiger partial charge in [-0.2, -0.15) is 0 Å². The molecule has 5 heteroatoms. The highest BCUT2D eigenvalue weighted by molar-refractivity contribution is 5.70. The molecule has 1 aliphatic heterocycles. The van der Waals surface area contributed by atoms with E-state index in [0.29, 0.717) is 11.7 Å². The lowest BCUT2D eigenvalue weighted by molar-refractivity contribution is -0.384. The van der Waals surface area contributed by atoms with Gasteiger partial charge in [0.25, 0.3) is 5.69 Å². The molecule has 2 aliphatic carbocycles. The topological polar surface area (TPSA) is 72.4 Å². The van der Waals surface area contributed by atoms with E-state index in [0.717, 1.165) is 30.0 Å². The van der Waals surface area contributed by atoms with Crippen LogP contribution >= 0.6 is 0 Å². The molecule has 19 heavy (non-hydrogen) atoms. The van der Waals surface area contributed by atoms with Crippen LogP contribution in [0.25, 0.3) is 0 Å². The van der Waals surface area contributed by atoms with Crippen molar-refractivity contribution in [3.05, 3.63) is 28.3 Å². The van der Waals surface area contributed by atoms with Crippen molar-refractivity contribution in [1.29, 1.82) is 0 Å². The van der Waals surface area contributed by atoms with Crippen LogP contribution in [0.4, 0.5) is 17.1 Å². The zero-order chi connectivity index (χ0) is 13.1. The first-order chi connectivity index (χ1) is 9.15. The molecule has 0 amide bonds. The van der Waals surface area contributed by atoms with Gasteiger partial charge in [-0.15, -0.1) is 0 Å². The summed E-state index contributed by atoms with van der Waals surface area (Å²) in [6.45, 7) is 0.968. The number of nitro groups is 1. The fourth-order valence-electron chi connectivity index (χ4n) is 4.52. The zero-order valence-electron chi connectivity index (χ0n) is 10.7. The lowest BCUT2D eigenvalue weighted by Gasteiger charge is -2.51. The van der Waals surface area contributed by atoms with Crippen molar-refractivity contribution in [3.63, 3.8) is 0 Å². The molecule has 100 valence electrons. The molecule has 1 aromatic carbocycles. The fourth-order valence-corrected chi connectivity index (χ4v) is 4.52. The van der Waals surface area contributed by atoms with E-state index in [2.05, 4.69) is 4.90 Å². The monoisotopic (exact) mass is 259 g/mol. The Morgan fingerprint density at radius 1 is 1.32 bits per heavy atom. The molecule has 0 spiro atoms. The first-order valence-corrected chi connectivity index (χ1v) is 6.95. The van der Waals surface area contributed by atoms with E-state index in [1.54, 1.807) is 12.1 Å². The number of nitro benzene ring substituents is 1. The van der Waals surface area contributed by atoms with Crippen LogP contribution in [-0.2, 0) is 0 Å². The molecule has 3 fully saturated rings. The summed E-state index contributed by atoms with van der Waals surface area (Å²) in [4.78, 5) is 13.1. The van der Waals surface area contributed by atoms with Gasteiger partial charge in [0.15, 0.2) is 0 Å². The van der Waals surface area contributed by atoms with Gasteiger partial charge in [0.1, 0.15) is 5.69 Å². The van der Waals surface area contributed by atoms with Crippen molar-refractivity contribution in [1.82, 2.24) is 0 Å². The molecule has 4 rings (SSSR count). The lowest BCUT2D eigenvalue weighted by atomic mass is 9.76. The van der Waals surface area contributed by atoms with Crippen LogP contribution in [0.15, 0.2) is 18.2 Å². The Hall–Kier alpha value is -1.78. The molecule has 0 aromatic heterocycles. The molecule has 5 nitrogen and oxygen atoms in total. The number of hydrogen-bond acceptors (Lipinski definition) is 4. The smallest absolute Gasteiger partial charge is 0.292 e. The average molecular weight is 259 g/mol. The Labute approximate surface area is 111 Å². The SMILES string of the molecule is Nc1ccc([N+](=O)[O-])c(N2C[C@@H]3[C@H]4CC[C@@H](C4)[C@H]32)c1. The second-order valence-corrected chi connectivity index (χ2v) is 6.15. The standard InChI is InChI=1S/C14H17N3O2/c15-10-3-4-12(17(18)19)13(6-10)16-7-11-8-1-2-9(5-8)14(11)16/h3-4,6,8-9,11,14H,1-2,5,7,15H2/t8-,9-,11+,14+/m0/s1. The molecular weight excluding hydrogens is 242 g/mol. The molecule has 0 radical (unpaired) electrons. The number of hydrogen-bond donors (Lipinski definition) is 1. The zero-order valence-corrected chi connectivity index (χ0v) is 10.7. The van der Waals surface area contributed by atoms with Crippen LogP contribution in [0.2, 0.25) is 0 Å². The largest absolute Gasteiger partial charge is 0.399 e. The normalized spacial score (nSPS) is 35.1. The number of nitrogens with two attached hydrogens (primary N) is 1. The number of benzene rings is 1. The highest BCUT2D eigenvalue weighted by atomic mass is 16.6. The highest BCUT2D eigenvalue weighted by Gasteiger charge is 2.57. The molecular formula is C14H17N3O2. The number of anilines is 2. The number of rotatable bonds is 2. The summed E-state index contributed by atoms with van der Waals surface area (Å²) in [5.41, 5.74) is 7.32. The van der Waals surface area contributed by atoms with Crippen molar-refractivity contribution in [3.8, 4) is 0 Å². The van der Waals surface area contributed by atoms with E-state index < -0.39 is 0 Å². The van der Waals surface area contributed by atoms with Gasteiger partial charge in [-0.3, -0.25) is 10.1 Å². The third kappa shape index (κ3) is 1.41. The van der Waals surface area contributed by atoms with Crippen LogP contribution < -0.4 is 10.6 Å². The van der Waals surface area contributed by atoms with Gasteiger partial charge >= 0.3 is 0 Å². The molecule has 1 heterocycles. The molecule has 2 N–H and O–H groups in total. The molecule has 1 aromatic rings. The van der Waals surface area contributed by atoms with E-state index in [-0.39, 0.29) is 10.6 Å². The molecule has 2 bridgehead atoms. The van der Waals surface area contributed by atoms with Crippen molar-refractivity contribution < 1.29 is 4.92 Å². The molecule has 4 atom stereocenters. The van der Waals surface area contributed by atoms with Gasteiger partial charge in [-0.1, -0.05) is 0 Å². The third-order valence-electron chi connectivity index (χ3n) is 5.31. The van der Waals surface area contributed by atoms with E-state index in [4.69, 9.17) is 5.73 Å². The van der Waals surface area contributed by atoms with E-state index >= 15 is 0 Å². The maximum atomic E-state index is 11.2. The summed E-state index contributed by atoms with van der Waals surface area (Å²) < 4.78 is 0. The summed E-state index contributed by atoms with van der Waals surface area (Å²) in [6.07, 6.45) is 3.97. The molecule has 1 saturated heterocycles. The summed E-state index contributed by atoms with van der Waals surface area (Å²) in [6, 6.07) is 5.44. The molecule has 0 unspecified atom stereocenters. The van der Waals surface area contributed by atoms with Crippen LogP contribution in [0.3, 0.4) is 0 Å². The van der Waals surface area contributed by atoms with Crippen molar-refractivity contribution in [2.45, 2.75) is 25.3 Å². The van der Waals surface area contributed by atoms with Crippen LogP contribution in [0, 0.1) is 27.9 Å². The highest BCUT2D eigenvalue weighted by Crippen LogP contribution is 2.57. The number of fused-ring (bicyclic) bond motifs is 5. The van der Waals surface area contributed by atoms with Crippen molar-refractivity contribution in [2.75, 3.05) is 17.2 Å². The maximum Gasteiger partial charge on any atom is 0.292 e. The Balaban J connectivity index is 1.70. The minimum absolute atomic E-state index is 0.190. The van der Waals surface area contributed by atoms with Crippen molar-refractivity contribution >= 4 is 17.1 Å². The second-order valence-electron chi connectivity index (χ2n) is 6.15. The summed E-state index contributed by atoms with van der Waals surface area (Å²) in [7, 11) is 0. The Kier molecular flexibility index (Phi) is 2.11. The minimum Gasteiger partial charge on any atom is -0.399 e. The lowest BCUT2D eigenvalue weighted by Crippen LogP contribution is -2.59. The van der Waals surface area contributed by atoms with Crippen LogP contribution in [0.1, 0.15) is 19.3 Å². The predicted octanol–water partition coefficient (Wildman–Crippen LogP) is 2.41. The Bertz CT molecular complexity index is 558. The third-order valence-corrected chi connectivity index (χ3v) is 5.31. The molecule has 3 aliphatic rings. The van der Waals surface area contributed by atoms with E-state index in [1.165, 1.54) is 25.3 Å². The van der Waals surface area contributed by atoms with E-state index in [1.807, 2.05) is 0 Å². The number of nitrogens with zero attached hydrogens (tertiary/aromatic N) is 2. The van der Waals surface area contributed by atoms with Gasteiger partial charge in [0.05, 0.1) is 4.92 Å². The first kappa shape index (κ1) is 11.1. The van der Waals surface area contributed by atoms with Gasteiger partial charge in [-0.25, -0.2) is 0 Å². The molecule has 2 saturated carbocycles. The Morgan fingerprint density at radius 2 is 2.11 bits per heavy atom. The summed E-state index contributed by atoms with van der Waals surface area (Å²) in [5.74, 6) is 2.37.